The lowest BCUT2D eigenvalue weighted by Crippen LogP contribution is -2.30. The second-order valence-electron chi connectivity index (χ2n) is 27.5. The second-order valence-corrected chi connectivity index (χ2v) is 30.4. The highest BCUT2D eigenvalue weighted by Crippen LogP contribution is 2.45. The van der Waals surface area contributed by atoms with E-state index in [1.807, 2.05) is 0 Å². The summed E-state index contributed by atoms with van der Waals surface area (Å²) in [6.45, 7) is 14.2. The van der Waals surface area contributed by atoms with Crippen LogP contribution >= 0.6 is 15.6 Å². The molecule has 0 saturated heterocycles. The molecule has 6 unspecified atom stereocenters. The molecule has 0 amide bonds. The summed E-state index contributed by atoms with van der Waals surface area (Å²) < 4.78 is 68.4. The van der Waals surface area contributed by atoms with Crippen LogP contribution in [0, 0.1) is 23.7 Å². The highest BCUT2D eigenvalue weighted by atomic mass is 31.2. The minimum atomic E-state index is -4.96. The Morgan fingerprint density at radius 1 is 0.304 bits per heavy atom. The highest BCUT2D eigenvalue weighted by Gasteiger charge is 2.30. The lowest BCUT2D eigenvalue weighted by molar-refractivity contribution is -0.161. The van der Waals surface area contributed by atoms with Crippen LogP contribution in [0.3, 0.4) is 0 Å². The molecule has 0 aliphatic rings. The van der Waals surface area contributed by atoms with Crippen LogP contribution in [0.5, 0.6) is 0 Å². The number of aliphatic hydroxyl groups is 1. The first-order chi connectivity index (χ1) is 44.2. The number of aliphatic hydroxyl groups excluding tert-OH is 1. The van der Waals surface area contributed by atoms with Crippen molar-refractivity contribution in [2.75, 3.05) is 39.6 Å². The van der Waals surface area contributed by atoms with Gasteiger partial charge < -0.3 is 33.8 Å². The molecule has 0 aromatic rings. The molecule has 0 aliphatic heterocycles. The Morgan fingerprint density at radius 3 is 0.772 bits per heavy atom. The molecule has 0 spiro atoms. The minimum absolute atomic E-state index is 0.104. The van der Waals surface area contributed by atoms with Crippen LogP contribution in [0.25, 0.3) is 0 Å². The van der Waals surface area contributed by atoms with E-state index in [1.54, 1.807) is 0 Å². The van der Waals surface area contributed by atoms with Crippen LogP contribution in [0.1, 0.15) is 364 Å². The summed E-state index contributed by atoms with van der Waals surface area (Å²) in [5.41, 5.74) is 0. The molecule has 19 heteroatoms. The van der Waals surface area contributed by atoms with Gasteiger partial charge in [-0.3, -0.25) is 37.3 Å². The van der Waals surface area contributed by atoms with E-state index in [0.717, 1.165) is 114 Å². The van der Waals surface area contributed by atoms with Gasteiger partial charge in [0.25, 0.3) is 0 Å². The van der Waals surface area contributed by atoms with Crippen LogP contribution < -0.4 is 0 Å². The standard InChI is InChI=1S/C73H142O17P2/c1-9-64(6)50-42-34-26-18-16-14-12-13-15-17-19-29-37-45-53-70(75)83-59-68(89-72(77)55-47-39-30-22-20-27-35-43-51-65(7)10-2)61-87-91(79,80)85-57-67(74)58-86-92(81,82)88-62-69(60-84-71(76)54-46-38-32-24-25-33-41-49-63(4)5)90-73(78)56-48-40-31-23-21-28-36-44-52-66(8)11-3/h63-69,74H,9-62H2,1-8H3,(H,79,80)(H,81,82)/t64?,65?,66?,67?,68-,69-/m1/s1. The Labute approximate surface area is 562 Å². The van der Waals surface area contributed by atoms with Crippen LogP contribution in [0.4, 0.5) is 0 Å². The molecule has 0 fully saturated rings. The molecule has 0 aliphatic carbocycles. The number of ether oxygens (including phenoxy) is 4. The number of carbonyl (C=O) groups excluding carboxylic acids is 4. The number of hydrogen-bond acceptors (Lipinski definition) is 15. The highest BCUT2D eigenvalue weighted by molar-refractivity contribution is 7.47. The Hall–Kier alpha value is -1.94. The topological polar surface area (TPSA) is 237 Å². The zero-order valence-electron chi connectivity index (χ0n) is 60.2. The molecule has 0 rings (SSSR count). The van der Waals surface area contributed by atoms with Gasteiger partial charge in [0.15, 0.2) is 12.2 Å². The van der Waals surface area contributed by atoms with E-state index in [9.17, 15) is 43.2 Å². The maximum Gasteiger partial charge on any atom is 0.472 e. The molecule has 0 bridgehead atoms. The summed E-state index contributed by atoms with van der Waals surface area (Å²) in [5.74, 6) is 0.966. The molecule has 0 radical (unpaired) electrons. The van der Waals surface area contributed by atoms with Gasteiger partial charge >= 0.3 is 39.5 Å². The van der Waals surface area contributed by atoms with E-state index < -0.39 is 97.5 Å². The third-order valence-electron chi connectivity index (χ3n) is 17.9. The largest absolute Gasteiger partial charge is 0.472 e. The summed E-state index contributed by atoms with van der Waals surface area (Å²) in [7, 11) is -9.91. The SMILES string of the molecule is CCC(C)CCCCCCCCCCCCCCCCC(=O)OC[C@H](COP(=O)(O)OCC(O)COP(=O)(O)OC[C@@H](COC(=O)CCCCCCCCCC(C)C)OC(=O)CCCCCCCCCCC(C)CC)OC(=O)CCCCCCCCCCC(C)CC. The fourth-order valence-corrected chi connectivity index (χ4v) is 12.5. The van der Waals surface area contributed by atoms with E-state index in [-0.39, 0.29) is 25.7 Å². The van der Waals surface area contributed by atoms with Crippen molar-refractivity contribution in [3.63, 3.8) is 0 Å². The van der Waals surface area contributed by atoms with E-state index in [2.05, 4.69) is 55.4 Å². The third-order valence-corrected chi connectivity index (χ3v) is 19.8. The molecule has 0 aromatic heterocycles. The van der Waals surface area contributed by atoms with E-state index in [1.165, 1.54) is 161 Å². The van der Waals surface area contributed by atoms with Gasteiger partial charge in [0.05, 0.1) is 26.4 Å². The summed E-state index contributed by atoms with van der Waals surface area (Å²) >= 11 is 0. The summed E-state index contributed by atoms with van der Waals surface area (Å²) in [6, 6.07) is 0. The molecular weight excluding hydrogens is 1210 g/mol. The van der Waals surface area contributed by atoms with E-state index >= 15 is 0 Å². The van der Waals surface area contributed by atoms with Crippen molar-refractivity contribution in [1.82, 2.24) is 0 Å². The number of esters is 4. The Morgan fingerprint density at radius 2 is 0.522 bits per heavy atom. The summed E-state index contributed by atoms with van der Waals surface area (Å²) in [6.07, 6.45) is 45.8. The van der Waals surface area contributed by atoms with E-state index in [4.69, 9.17) is 37.0 Å². The number of hydrogen-bond donors (Lipinski definition) is 3. The average Bonchev–Trinajstić information content (AvgIpc) is 3.57. The average molecular weight is 1350 g/mol. The molecule has 0 saturated carbocycles. The molecule has 0 aromatic carbocycles. The number of carbonyl (C=O) groups is 4. The van der Waals surface area contributed by atoms with Crippen molar-refractivity contribution in [2.24, 2.45) is 23.7 Å². The number of unbranched alkanes of at least 4 members (excludes halogenated alkanes) is 33. The lowest BCUT2D eigenvalue weighted by atomic mass is 9.99. The Bertz CT molecular complexity index is 1820. The van der Waals surface area contributed by atoms with Crippen LogP contribution in [0.15, 0.2) is 0 Å². The monoisotopic (exact) mass is 1350 g/mol. The van der Waals surface area contributed by atoms with E-state index in [0.29, 0.717) is 31.6 Å². The van der Waals surface area contributed by atoms with Crippen LogP contribution in [0.2, 0.25) is 0 Å². The first-order valence-corrected chi connectivity index (χ1v) is 40.8. The normalized spacial score (nSPS) is 15.1. The Kier molecular flexibility index (Phi) is 61.3. The van der Waals surface area contributed by atoms with Crippen molar-refractivity contribution >= 4 is 39.5 Å². The van der Waals surface area contributed by atoms with Crippen molar-refractivity contribution < 1.29 is 80.2 Å². The first kappa shape index (κ1) is 90.1. The lowest BCUT2D eigenvalue weighted by Gasteiger charge is -2.21. The summed E-state index contributed by atoms with van der Waals surface area (Å²) in [4.78, 5) is 72.7. The number of phosphoric ester groups is 2. The molecule has 92 heavy (non-hydrogen) atoms. The molecule has 3 N–H and O–H groups in total. The molecule has 0 heterocycles. The maximum absolute atomic E-state index is 13.0. The van der Waals surface area contributed by atoms with Crippen molar-refractivity contribution in [3.8, 4) is 0 Å². The number of rotatable bonds is 70. The van der Waals surface area contributed by atoms with Crippen molar-refractivity contribution in [3.05, 3.63) is 0 Å². The first-order valence-electron chi connectivity index (χ1n) is 37.8. The molecule has 17 nitrogen and oxygen atoms in total. The fraction of sp³-hybridized carbons (Fsp3) is 0.945. The van der Waals surface area contributed by atoms with Crippen molar-refractivity contribution in [2.45, 2.75) is 382 Å². The Balaban J connectivity index is 5.23. The van der Waals surface area contributed by atoms with Gasteiger partial charge in [0.1, 0.15) is 19.3 Å². The molecular formula is C73H142O17P2. The number of phosphoric acid groups is 2. The van der Waals surface area contributed by atoms with Crippen LogP contribution in [-0.4, -0.2) is 96.7 Å². The van der Waals surface area contributed by atoms with Crippen molar-refractivity contribution in [1.29, 1.82) is 0 Å². The second kappa shape index (κ2) is 62.6. The van der Waals surface area contributed by atoms with Crippen LogP contribution in [-0.2, 0) is 65.4 Å². The van der Waals surface area contributed by atoms with Gasteiger partial charge in [-0.05, 0) is 49.4 Å². The van der Waals surface area contributed by atoms with Gasteiger partial charge in [0, 0.05) is 25.7 Å². The zero-order chi connectivity index (χ0) is 68.2. The van der Waals surface area contributed by atoms with Gasteiger partial charge in [-0.2, -0.15) is 0 Å². The van der Waals surface area contributed by atoms with Gasteiger partial charge in [-0.15, -0.1) is 0 Å². The maximum atomic E-state index is 13.0. The quantitative estimate of drug-likeness (QED) is 0.0222. The predicted octanol–water partition coefficient (Wildman–Crippen LogP) is 20.9. The minimum Gasteiger partial charge on any atom is -0.462 e. The smallest absolute Gasteiger partial charge is 0.462 e. The van der Waals surface area contributed by atoms with Gasteiger partial charge in [0.2, 0.25) is 0 Å². The molecule has 8 atom stereocenters. The van der Waals surface area contributed by atoms with Gasteiger partial charge in [-0.1, -0.05) is 312 Å². The molecule has 546 valence electrons. The fourth-order valence-electron chi connectivity index (χ4n) is 10.9. The predicted molar refractivity (Wildman–Crippen MR) is 372 cm³/mol. The summed E-state index contributed by atoms with van der Waals surface area (Å²) in [5, 5.41) is 10.6. The third kappa shape index (κ3) is 62.8. The zero-order valence-corrected chi connectivity index (χ0v) is 62.0. The van der Waals surface area contributed by atoms with Gasteiger partial charge in [-0.25, -0.2) is 9.13 Å².